The summed E-state index contributed by atoms with van der Waals surface area (Å²) in [6, 6.07) is 6.41. The number of anilines is 1. The number of rotatable bonds is 6. The third kappa shape index (κ3) is 4.37. The highest BCUT2D eigenvalue weighted by Crippen LogP contribution is 2.21. The average Bonchev–Trinajstić information content (AvgIpc) is 3.12. The third-order valence-electron chi connectivity index (χ3n) is 4.04. The first-order chi connectivity index (χ1) is 12.4. The second-order valence-electron chi connectivity index (χ2n) is 6.05. The van der Waals surface area contributed by atoms with Gasteiger partial charge in [-0.2, -0.15) is 10.2 Å². The van der Waals surface area contributed by atoms with Gasteiger partial charge in [-0.15, -0.1) is 0 Å². The summed E-state index contributed by atoms with van der Waals surface area (Å²) in [5.74, 6) is -0.379. The molecule has 1 aromatic carbocycles. The van der Waals surface area contributed by atoms with E-state index >= 15 is 0 Å². The van der Waals surface area contributed by atoms with Crippen LogP contribution < -0.4 is 5.32 Å². The molecule has 0 aliphatic rings. The summed E-state index contributed by atoms with van der Waals surface area (Å²) in [6.07, 6.45) is 3.81. The van der Waals surface area contributed by atoms with Gasteiger partial charge < -0.3 is 5.32 Å². The lowest BCUT2D eigenvalue weighted by molar-refractivity contribution is -0.116. The van der Waals surface area contributed by atoms with E-state index in [1.165, 1.54) is 12.1 Å². The zero-order valence-electron chi connectivity index (χ0n) is 14.5. The van der Waals surface area contributed by atoms with Crippen LogP contribution in [-0.4, -0.2) is 25.5 Å². The average molecular weight is 420 g/mol. The molecule has 6 nitrogen and oxygen atoms in total. The van der Waals surface area contributed by atoms with E-state index in [0.29, 0.717) is 25.2 Å². The Morgan fingerprint density at radius 2 is 2.15 bits per heavy atom. The van der Waals surface area contributed by atoms with Gasteiger partial charge in [0.1, 0.15) is 5.82 Å². The normalized spacial score (nSPS) is 10.9. The predicted octanol–water partition coefficient (Wildman–Crippen LogP) is 3.68. The molecule has 0 bridgehead atoms. The number of nitrogens with one attached hydrogen (secondary N) is 1. The standard InChI is InChI=1S/C18H19BrFN5O/c1-12-18(22-17(26)6-7-24-11-15(19)9-21-24)13(2)25(23-12)10-14-4-3-5-16(20)8-14/h3-5,8-9,11H,6-7,10H2,1-2H3,(H,22,26). The monoisotopic (exact) mass is 419 g/mol. The Labute approximate surface area is 159 Å². The van der Waals surface area contributed by atoms with E-state index in [4.69, 9.17) is 0 Å². The van der Waals surface area contributed by atoms with Gasteiger partial charge in [0.25, 0.3) is 0 Å². The molecule has 0 radical (unpaired) electrons. The van der Waals surface area contributed by atoms with Crippen molar-refractivity contribution >= 4 is 27.5 Å². The minimum atomic E-state index is -0.275. The number of benzene rings is 1. The SMILES string of the molecule is Cc1nn(Cc2cccc(F)c2)c(C)c1NC(=O)CCn1cc(Br)cn1. The Bertz CT molecular complexity index is 934. The fourth-order valence-electron chi connectivity index (χ4n) is 2.72. The van der Waals surface area contributed by atoms with Gasteiger partial charge in [0.15, 0.2) is 0 Å². The Balaban J connectivity index is 1.66. The fourth-order valence-corrected chi connectivity index (χ4v) is 3.05. The number of halogens is 2. The van der Waals surface area contributed by atoms with Crippen molar-refractivity contribution in [1.29, 1.82) is 0 Å². The van der Waals surface area contributed by atoms with Crippen molar-refractivity contribution in [1.82, 2.24) is 19.6 Å². The molecule has 1 N–H and O–H groups in total. The summed E-state index contributed by atoms with van der Waals surface area (Å²) in [5, 5.41) is 11.5. The van der Waals surface area contributed by atoms with Crippen LogP contribution in [0, 0.1) is 19.7 Å². The maximum atomic E-state index is 13.4. The molecular formula is C18H19BrFN5O. The Morgan fingerprint density at radius 1 is 1.35 bits per heavy atom. The molecular weight excluding hydrogens is 401 g/mol. The van der Waals surface area contributed by atoms with Crippen LogP contribution in [0.3, 0.4) is 0 Å². The lowest BCUT2D eigenvalue weighted by Crippen LogP contribution is -2.15. The first-order valence-electron chi connectivity index (χ1n) is 8.18. The van der Waals surface area contributed by atoms with E-state index in [-0.39, 0.29) is 11.7 Å². The van der Waals surface area contributed by atoms with Crippen molar-refractivity contribution in [2.45, 2.75) is 33.4 Å². The predicted molar refractivity (Wildman–Crippen MR) is 100 cm³/mol. The number of carbonyl (C=O) groups excluding carboxylic acids is 1. The molecule has 0 atom stereocenters. The molecule has 3 aromatic rings. The molecule has 1 amide bonds. The maximum Gasteiger partial charge on any atom is 0.226 e. The molecule has 3 rings (SSSR count). The topological polar surface area (TPSA) is 64.7 Å². The van der Waals surface area contributed by atoms with Crippen molar-refractivity contribution in [3.05, 3.63) is 63.9 Å². The Kier molecular flexibility index (Phi) is 5.51. The number of aryl methyl sites for hydroxylation is 2. The minimum Gasteiger partial charge on any atom is -0.323 e. The van der Waals surface area contributed by atoms with Crippen LogP contribution in [0.1, 0.15) is 23.4 Å². The molecule has 0 saturated carbocycles. The van der Waals surface area contributed by atoms with Crippen LogP contribution in [0.15, 0.2) is 41.1 Å². The molecule has 2 heterocycles. The highest BCUT2D eigenvalue weighted by atomic mass is 79.9. The fraction of sp³-hybridized carbons (Fsp3) is 0.278. The summed E-state index contributed by atoms with van der Waals surface area (Å²) in [7, 11) is 0. The molecule has 0 fully saturated rings. The molecule has 2 aromatic heterocycles. The van der Waals surface area contributed by atoms with Crippen LogP contribution in [0.4, 0.5) is 10.1 Å². The number of carbonyl (C=O) groups is 1. The van der Waals surface area contributed by atoms with Crippen LogP contribution in [0.5, 0.6) is 0 Å². The summed E-state index contributed by atoms with van der Waals surface area (Å²) in [4.78, 5) is 12.3. The second kappa shape index (κ2) is 7.82. The van der Waals surface area contributed by atoms with Gasteiger partial charge in [0, 0.05) is 19.2 Å². The lowest BCUT2D eigenvalue weighted by atomic mass is 10.2. The third-order valence-corrected chi connectivity index (χ3v) is 4.45. The number of aromatic nitrogens is 4. The molecule has 8 heteroatoms. The molecule has 0 aliphatic heterocycles. The summed E-state index contributed by atoms with van der Waals surface area (Å²) in [6.45, 7) is 4.67. The Morgan fingerprint density at radius 3 is 2.85 bits per heavy atom. The smallest absolute Gasteiger partial charge is 0.226 e. The quantitative estimate of drug-likeness (QED) is 0.662. The van der Waals surface area contributed by atoms with E-state index in [1.807, 2.05) is 26.1 Å². The summed E-state index contributed by atoms with van der Waals surface area (Å²) < 4.78 is 17.7. The maximum absolute atomic E-state index is 13.4. The summed E-state index contributed by atoms with van der Waals surface area (Å²) >= 11 is 3.33. The highest BCUT2D eigenvalue weighted by Gasteiger charge is 2.14. The van der Waals surface area contributed by atoms with Crippen LogP contribution in [0.2, 0.25) is 0 Å². The molecule has 0 unspecified atom stereocenters. The molecule has 0 aliphatic carbocycles. The van der Waals surface area contributed by atoms with Crippen molar-refractivity contribution in [2.75, 3.05) is 5.32 Å². The van der Waals surface area contributed by atoms with Gasteiger partial charge in [0.2, 0.25) is 5.91 Å². The molecule has 136 valence electrons. The zero-order chi connectivity index (χ0) is 18.7. The molecule has 0 spiro atoms. The van der Waals surface area contributed by atoms with Crippen molar-refractivity contribution < 1.29 is 9.18 Å². The first kappa shape index (κ1) is 18.3. The Hall–Kier alpha value is -2.48. The van der Waals surface area contributed by atoms with E-state index in [2.05, 4.69) is 31.4 Å². The van der Waals surface area contributed by atoms with Gasteiger partial charge in [-0.25, -0.2) is 4.39 Å². The molecule has 0 saturated heterocycles. The van der Waals surface area contributed by atoms with Gasteiger partial charge in [-0.3, -0.25) is 14.2 Å². The number of hydrogen-bond acceptors (Lipinski definition) is 3. The highest BCUT2D eigenvalue weighted by molar-refractivity contribution is 9.10. The van der Waals surface area contributed by atoms with Crippen LogP contribution in [0.25, 0.3) is 0 Å². The van der Waals surface area contributed by atoms with Crippen LogP contribution in [-0.2, 0) is 17.9 Å². The van der Waals surface area contributed by atoms with Gasteiger partial charge in [-0.05, 0) is 47.5 Å². The van der Waals surface area contributed by atoms with E-state index in [1.54, 1.807) is 21.6 Å². The van der Waals surface area contributed by atoms with Gasteiger partial charge in [-0.1, -0.05) is 12.1 Å². The molecule has 26 heavy (non-hydrogen) atoms. The summed E-state index contributed by atoms with van der Waals surface area (Å²) in [5.41, 5.74) is 3.09. The first-order valence-corrected chi connectivity index (χ1v) is 8.98. The van der Waals surface area contributed by atoms with Crippen molar-refractivity contribution in [2.24, 2.45) is 0 Å². The van der Waals surface area contributed by atoms with Crippen LogP contribution >= 0.6 is 15.9 Å². The van der Waals surface area contributed by atoms with E-state index in [9.17, 15) is 9.18 Å². The lowest BCUT2D eigenvalue weighted by Gasteiger charge is -2.08. The largest absolute Gasteiger partial charge is 0.323 e. The second-order valence-corrected chi connectivity index (χ2v) is 6.97. The minimum absolute atomic E-state index is 0.104. The zero-order valence-corrected chi connectivity index (χ0v) is 16.1. The van der Waals surface area contributed by atoms with Gasteiger partial charge >= 0.3 is 0 Å². The van der Waals surface area contributed by atoms with E-state index in [0.717, 1.165) is 21.4 Å². The van der Waals surface area contributed by atoms with Crippen molar-refractivity contribution in [3.63, 3.8) is 0 Å². The van der Waals surface area contributed by atoms with Gasteiger partial charge in [0.05, 0.1) is 34.3 Å². The van der Waals surface area contributed by atoms with E-state index < -0.39 is 0 Å². The number of hydrogen-bond donors (Lipinski definition) is 1. The number of nitrogens with zero attached hydrogens (tertiary/aromatic N) is 4. The number of amides is 1. The van der Waals surface area contributed by atoms with Crippen molar-refractivity contribution in [3.8, 4) is 0 Å².